The number of hydrogen-bond acceptors (Lipinski definition) is 3. The van der Waals surface area contributed by atoms with Crippen molar-refractivity contribution in [1.82, 2.24) is 10.6 Å². The Kier molecular flexibility index (Phi) is 6.54. The lowest BCUT2D eigenvalue weighted by atomic mass is 10.1. The Morgan fingerprint density at radius 2 is 1.91 bits per heavy atom. The van der Waals surface area contributed by atoms with Gasteiger partial charge in [0.1, 0.15) is 24.7 Å². The molecule has 0 aliphatic heterocycles. The zero-order chi connectivity index (χ0) is 16.5. The molecule has 0 aliphatic rings. The van der Waals surface area contributed by atoms with E-state index in [4.69, 9.17) is 9.15 Å². The smallest absolute Gasteiger partial charge is 0.191 e. The second-order valence-electron chi connectivity index (χ2n) is 5.27. The van der Waals surface area contributed by atoms with Gasteiger partial charge in [-0.3, -0.25) is 0 Å². The van der Waals surface area contributed by atoms with E-state index in [1.807, 2.05) is 25.1 Å². The zero-order valence-electron chi connectivity index (χ0n) is 14.1. The Balaban J connectivity index is 1.81. The number of aliphatic imine (C=N–C) groups is 1. The number of nitrogens with zero attached hydrogens (tertiary/aromatic N) is 1. The predicted molar refractivity (Wildman–Crippen MR) is 92.9 cm³/mol. The molecule has 0 bridgehead atoms. The van der Waals surface area contributed by atoms with E-state index in [0.717, 1.165) is 35.1 Å². The van der Waals surface area contributed by atoms with E-state index in [1.165, 1.54) is 0 Å². The molecule has 124 valence electrons. The van der Waals surface area contributed by atoms with Crippen molar-refractivity contribution in [1.29, 1.82) is 0 Å². The van der Waals surface area contributed by atoms with Crippen molar-refractivity contribution in [3.05, 3.63) is 53.5 Å². The molecule has 23 heavy (non-hydrogen) atoms. The van der Waals surface area contributed by atoms with Gasteiger partial charge in [-0.05, 0) is 44.0 Å². The summed E-state index contributed by atoms with van der Waals surface area (Å²) >= 11 is 0. The van der Waals surface area contributed by atoms with Gasteiger partial charge in [-0.1, -0.05) is 18.2 Å². The normalized spacial score (nSPS) is 11.3. The number of aryl methyl sites for hydroxylation is 2. The van der Waals surface area contributed by atoms with Crippen LogP contribution in [0.3, 0.4) is 0 Å². The summed E-state index contributed by atoms with van der Waals surface area (Å²) in [4.78, 5) is 4.48. The van der Waals surface area contributed by atoms with Crippen molar-refractivity contribution in [2.75, 3.05) is 19.7 Å². The molecule has 2 rings (SSSR count). The largest absolute Gasteiger partial charge is 0.491 e. The lowest BCUT2D eigenvalue weighted by Crippen LogP contribution is -2.39. The number of benzene rings is 1. The third-order valence-electron chi connectivity index (χ3n) is 3.37. The molecule has 0 aliphatic carbocycles. The predicted octanol–water partition coefficient (Wildman–Crippen LogP) is 3.03. The molecule has 5 nitrogen and oxygen atoms in total. The van der Waals surface area contributed by atoms with Crippen LogP contribution >= 0.6 is 0 Å². The summed E-state index contributed by atoms with van der Waals surface area (Å²) in [6, 6.07) is 9.94. The van der Waals surface area contributed by atoms with Crippen LogP contribution in [0.4, 0.5) is 0 Å². The molecular weight excluding hydrogens is 290 g/mol. The minimum atomic E-state index is 0.514. The first-order chi connectivity index (χ1) is 11.2. The van der Waals surface area contributed by atoms with Crippen LogP contribution in [0.2, 0.25) is 0 Å². The highest BCUT2D eigenvalue weighted by atomic mass is 16.5. The highest BCUT2D eigenvalue weighted by Crippen LogP contribution is 2.21. The van der Waals surface area contributed by atoms with E-state index in [9.17, 15) is 0 Å². The molecule has 0 unspecified atom stereocenters. The standard InChI is InChI=1S/C18H25N3O2/c1-4-19-18(21-13-16-9-6-11-22-16)20-10-12-23-17-14(2)7-5-8-15(17)3/h5-9,11H,4,10,12-13H2,1-3H3,(H2,19,20,21). The fourth-order valence-electron chi connectivity index (χ4n) is 2.25. The minimum Gasteiger partial charge on any atom is -0.491 e. The second-order valence-corrected chi connectivity index (χ2v) is 5.27. The van der Waals surface area contributed by atoms with Gasteiger partial charge in [-0.15, -0.1) is 0 Å². The number of guanidine groups is 1. The van der Waals surface area contributed by atoms with Gasteiger partial charge >= 0.3 is 0 Å². The summed E-state index contributed by atoms with van der Waals surface area (Å²) in [5, 5.41) is 6.47. The van der Waals surface area contributed by atoms with Gasteiger partial charge < -0.3 is 19.8 Å². The monoisotopic (exact) mass is 315 g/mol. The van der Waals surface area contributed by atoms with Crippen LogP contribution < -0.4 is 15.4 Å². The summed E-state index contributed by atoms with van der Waals surface area (Å²) < 4.78 is 11.2. The lowest BCUT2D eigenvalue weighted by Gasteiger charge is -2.14. The first kappa shape index (κ1) is 16.9. The van der Waals surface area contributed by atoms with E-state index in [1.54, 1.807) is 6.26 Å². The van der Waals surface area contributed by atoms with Crippen LogP contribution in [0.15, 0.2) is 46.0 Å². The molecule has 0 spiro atoms. The number of nitrogens with one attached hydrogen (secondary N) is 2. The first-order valence-corrected chi connectivity index (χ1v) is 7.94. The highest BCUT2D eigenvalue weighted by molar-refractivity contribution is 5.79. The molecule has 0 saturated carbocycles. The quantitative estimate of drug-likeness (QED) is 0.468. The van der Waals surface area contributed by atoms with Gasteiger partial charge in [-0.25, -0.2) is 4.99 Å². The zero-order valence-corrected chi connectivity index (χ0v) is 14.1. The summed E-state index contributed by atoms with van der Waals surface area (Å²) in [6.45, 7) is 8.74. The number of ether oxygens (including phenoxy) is 1. The van der Waals surface area contributed by atoms with Crippen molar-refractivity contribution < 1.29 is 9.15 Å². The van der Waals surface area contributed by atoms with E-state index in [2.05, 4.69) is 41.6 Å². The van der Waals surface area contributed by atoms with Crippen LogP contribution in [-0.2, 0) is 6.54 Å². The molecular formula is C18H25N3O2. The van der Waals surface area contributed by atoms with E-state index in [-0.39, 0.29) is 0 Å². The molecule has 5 heteroatoms. The first-order valence-electron chi connectivity index (χ1n) is 7.94. The van der Waals surface area contributed by atoms with E-state index >= 15 is 0 Å². The van der Waals surface area contributed by atoms with Crippen molar-refractivity contribution in [2.24, 2.45) is 4.99 Å². The number of rotatable bonds is 7. The Labute approximate surface area is 137 Å². The Morgan fingerprint density at radius 3 is 2.57 bits per heavy atom. The molecule has 0 fully saturated rings. The maximum absolute atomic E-state index is 5.88. The van der Waals surface area contributed by atoms with Crippen molar-refractivity contribution in [3.8, 4) is 5.75 Å². The summed E-state index contributed by atoms with van der Waals surface area (Å²) in [5.41, 5.74) is 2.31. The molecule has 2 aromatic rings. The molecule has 0 atom stereocenters. The fourth-order valence-corrected chi connectivity index (χ4v) is 2.25. The van der Waals surface area contributed by atoms with Crippen molar-refractivity contribution in [2.45, 2.75) is 27.3 Å². The van der Waals surface area contributed by atoms with Gasteiger partial charge in [0.05, 0.1) is 12.8 Å². The van der Waals surface area contributed by atoms with Crippen LogP contribution in [0.25, 0.3) is 0 Å². The number of furan rings is 1. The molecule has 0 saturated heterocycles. The average Bonchev–Trinajstić information content (AvgIpc) is 3.04. The molecule has 1 heterocycles. The third kappa shape index (κ3) is 5.36. The van der Waals surface area contributed by atoms with Crippen LogP contribution in [0, 0.1) is 13.8 Å². The van der Waals surface area contributed by atoms with Gasteiger partial charge in [0.25, 0.3) is 0 Å². The fraction of sp³-hybridized carbons (Fsp3) is 0.389. The maximum Gasteiger partial charge on any atom is 0.191 e. The highest BCUT2D eigenvalue weighted by Gasteiger charge is 2.03. The number of hydrogen-bond donors (Lipinski definition) is 2. The summed E-state index contributed by atoms with van der Waals surface area (Å²) in [6.07, 6.45) is 1.66. The SMILES string of the molecule is CCNC(=NCc1ccco1)NCCOc1c(C)cccc1C. The summed E-state index contributed by atoms with van der Waals surface area (Å²) in [5.74, 6) is 2.56. The Morgan fingerprint density at radius 1 is 1.13 bits per heavy atom. The topological polar surface area (TPSA) is 58.8 Å². The molecule has 0 radical (unpaired) electrons. The van der Waals surface area contributed by atoms with E-state index in [0.29, 0.717) is 19.7 Å². The van der Waals surface area contributed by atoms with Gasteiger partial charge in [-0.2, -0.15) is 0 Å². The van der Waals surface area contributed by atoms with Crippen LogP contribution in [0.1, 0.15) is 23.8 Å². The Hall–Kier alpha value is -2.43. The van der Waals surface area contributed by atoms with Crippen molar-refractivity contribution >= 4 is 5.96 Å². The Bertz CT molecular complexity index is 601. The molecule has 1 aromatic heterocycles. The van der Waals surface area contributed by atoms with Gasteiger partial charge in [0.15, 0.2) is 5.96 Å². The summed E-state index contributed by atoms with van der Waals surface area (Å²) in [7, 11) is 0. The molecule has 0 amide bonds. The van der Waals surface area contributed by atoms with Crippen molar-refractivity contribution in [3.63, 3.8) is 0 Å². The van der Waals surface area contributed by atoms with Gasteiger partial charge in [0.2, 0.25) is 0 Å². The van der Waals surface area contributed by atoms with Gasteiger partial charge in [0, 0.05) is 6.54 Å². The lowest BCUT2D eigenvalue weighted by molar-refractivity contribution is 0.317. The molecule has 1 aromatic carbocycles. The van der Waals surface area contributed by atoms with E-state index < -0.39 is 0 Å². The average molecular weight is 315 g/mol. The third-order valence-corrected chi connectivity index (χ3v) is 3.37. The van der Waals surface area contributed by atoms with Crippen LogP contribution in [0.5, 0.6) is 5.75 Å². The maximum atomic E-state index is 5.88. The minimum absolute atomic E-state index is 0.514. The second kappa shape index (κ2) is 8.88. The molecule has 2 N–H and O–H groups in total. The number of para-hydroxylation sites is 1. The van der Waals surface area contributed by atoms with Crippen LogP contribution in [-0.4, -0.2) is 25.7 Å².